The SMILES string of the molecule is CCCCCC(=O)OCCOCCOCCOCCOCCOCCOCCOCCOCCOCCOCCOCCOS(=O)(=O)c1ccccc1. The maximum absolute atomic E-state index is 12.0. The van der Waals surface area contributed by atoms with Crippen LogP contribution in [0.15, 0.2) is 35.2 Å². The fourth-order valence-corrected chi connectivity index (χ4v) is 4.88. The van der Waals surface area contributed by atoms with Crippen LogP contribution in [0.2, 0.25) is 0 Å². The van der Waals surface area contributed by atoms with Crippen molar-refractivity contribution in [3.05, 3.63) is 30.3 Å². The molecule has 0 radical (unpaired) electrons. The fourth-order valence-electron chi connectivity index (χ4n) is 3.96. The molecule has 0 heterocycles. The molecule has 0 saturated carbocycles. The number of rotatable bonds is 42. The lowest BCUT2D eigenvalue weighted by molar-refractivity contribution is -0.145. The molecule has 0 bridgehead atoms. The fraction of sp³-hybridized carbons (Fsp3) is 0.806. The van der Waals surface area contributed by atoms with Crippen LogP contribution in [0.1, 0.15) is 32.6 Å². The van der Waals surface area contributed by atoms with Crippen molar-refractivity contribution in [1.82, 2.24) is 0 Å². The lowest BCUT2D eigenvalue weighted by Gasteiger charge is -2.09. The third-order valence-electron chi connectivity index (χ3n) is 6.69. The van der Waals surface area contributed by atoms with Gasteiger partial charge in [-0.15, -0.1) is 0 Å². The van der Waals surface area contributed by atoms with E-state index < -0.39 is 10.1 Å². The smallest absolute Gasteiger partial charge is 0.305 e. The van der Waals surface area contributed by atoms with Gasteiger partial charge in [-0.3, -0.25) is 8.98 Å². The molecule has 0 amide bonds. The molecule has 310 valence electrons. The summed E-state index contributed by atoms with van der Waals surface area (Å²) < 4.78 is 93.8. The molecule has 17 heteroatoms. The van der Waals surface area contributed by atoms with Crippen molar-refractivity contribution >= 4 is 16.1 Å². The van der Waals surface area contributed by atoms with Gasteiger partial charge in [-0.1, -0.05) is 38.0 Å². The second kappa shape index (κ2) is 38.4. The van der Waals surface area contributed by atoms with Crippen LogP contribution in [0.5, 0.6) is 0 Å². The maximum Gasteiger partial charge on any atom is 0.305 e. The van der Waals surface area contributed by atoms with Gasteiger partial charge in [-0.25, -0.2) is 0 Å². The van der Waals surface area contributed by atoms with Crippen molar-refractivity contribution in [2.75, 3.05) is 159 Å². The van der Waals surface area contributed by atoms with Crippen LogP contribution in [-0.4, -0.2) is 173 Å². The first-order valence-electron chi connectivity index (χ1n) is 18.5. The molecule has 0 aliphatic rings. The van der Waals surface area contributed by atoms with E-state index in [0.717, 1.165) is 19.3 Å². The number of carbonyl (C=O) groups excluding carboxylic acids is 1. The van der Waals surface area contributed by atoms with Gasteiger partial charge >= 0.3 is 5.97 Å². The first-order chi connectivity index (χ1) is 26.1. The predicted octanol–water partition coefficient (Wildman–Crippen LogP) is 2.70. The van der Waals surface area contributed by atoms with Crippen LogP contribution in [0, 0.1) is 0 Å². The van der Waals surface area contributed by atoms with Gasteiger partial charge in [0.1, 0.15) is 6.61 Å². The molecule has 1 aromatic rings. The minimum absolute atomic E-state index is 0.0631. The molecule has 0 aliphatic heterocycles. The van der Waals surface area contributed by atoms with E-state index in [1.165, 1.54) is 12.1 Å². The largest absolute Gasteiger partial charge is 0.463 e. The highest BCUT2D eigenvalue weighted by atomic mass is 32.2. The highest BCUT2D eigenvalue weighted by Gasteiger charge is 2.13. The van der Waals surface area contributed by atoms with Crippen molar-refractivity contribution < 1.29 is 74.2 Å². The summed E-state index contributed by atoms with van der Waals surface area (Å²) in [5, 5.41) is 0. The first-order valence-corrected chi connectivity index (χ1v) is 19.9. The average molecular weight is 785 g/mol. The van der Waals surface area contributed by atoms with Crippen LogP contribution < -0.4 is 0 Å². The van der Waals surface area contributed by atoms with Gasteiger partial charge in [0.2, 0.25) is 0 Å². The van der Waals surface area contributed by atoms with Crippen molar-refractivity contribution in [1.29, 1.82) is 0 Å². The van der Waals surface area contributed by atoms with Gasteiger partial charge in [-0.05, 0) is 18.6 Å². The summed E-state index contributed by atoms with van der Waals surface area (Å²) in [5.74, 6) is -0.167. The average Bonchev–Trinajstić information content (AvgIpc) is 3.16. The van der Waals surface area contributed by atoms with E-state index in [2.05, 4.69) is 6.92 Å². The van der Waals surface area contributed by atoms with Crippen molar-refractivity contribution in [3.8, 4) is 0 Å². The van der Waals surface area contributed by atoms with Crippen molar-refractivity contribution in [3.63, 3.8) is 0 Å². The Balaban J connectivity index is 1.65. The second-order valence-corrected chi connectivity index (χ2v) is 12.6. The zero-order chi connectivity index (χ0) is 38.2. The van der Waals surface area contributed by atoms with Crippen LogP contribution in [0.4, 0.5) is 0 Å². The molecule has 16 nitrogen and oxygen atoms in total. The number of unbranched alkanes of at least 4 members (excludes halogenated alkanes) is 2. The van der Waals surface area contributed by atoms with Crippen LogP contribution >= 0.6 is 0 Å². The van der Waals surface area contributed by atoms with Gasteiger partial charge in [-0.2, -0.15) is 8.42 Å². The monoisotopic (exact) mass is 784 g/mol. The molecule has 0 fully saturated rings. The van der Waals surface area contributed by atoms with E-state index in [4.69, 9.17) is 61.0 Å². The van der Waals surface area contributed by atoms with E-state index in [9.17, 15) is 13.2 Å². The predicted molar refractivity (Wildman–Crippen MR) is 194 cm³/mol. The summed E-state index contributed by atoms with van der Waals surface area (Å²) in [6, 6.07) is 7.97. The van der Waals surface area contributed by atoms with E-state index >= 15 is 0 Å². The quantitative estimate of drug-likeness (QED) is 0.0538. The third kappa shape index (κ3) is 34.4. The van der Waals surface area contributed by atoms with E-state index in [0.29, 0.717) is 145 Å². The number of ether oxygens (including phenoxy) is 12. The number of carbonyl (C=O) groups is 1. The Labute approximate surface area is 316 Å². The Kier molecular flexibility index (Phi) is 35.7. The molecular formula is C36H64O16S. The summed E-state index contributed by atoms with van der Waals surface area (Å²) in [6.45, 7) is 11.9. The number of benzene rings is 1. The summed E-state index contributed by atoms with van der Waals surface area (Å²) >= 11 is 0. The van der Waals surface area contributed by atoms with Crippen LogP contribution in [-0.2, 0) is 75.9 Å². The second-order valence-electron chi connectivity index (χ2n) is 11.0. The molecule has 0 aromatic heterocycles. The van der Waals surface area contributed by atoms with Crippen LogP contribution in [0.3, 0.4) is 0 Å². The lowest BCUT2D eigenvalue weighted by atomic mass is 10.2. The van der Waals surface area contributed by atoms with Crippen molar-refractivity contribution in [2.24, 2.45) is 0 Å². The zero-order valence-corrected chi connectivity index (χ0v) is 32.4. The lowest BCUT2D eigenvalue weighted by Crippen LogP contribution is -2.16. The number of hydrogen-bond acceptors (Lipinski definition) is 16. The standard InChI is InChI=1S/C36H64O16S/c1-2-3-5-10-36(37)51-33-31-49-29-27-47-25-23-45-21-19-43-17-15-41-13-11-40-12-14-42-16-18-44-20-22-46-24-26-48-28-30-50-32-34-52-53(38,39)35-8-6-4-7-9-35/h4,6-9H,2-3,5,10-34H2,1H3. The molecular weight excluding hydrogens is 720 g/mol. The maximum atomic E-state index is 12.0. The van der Waals surface area contributed by atoms with E-state index in [-0.39, 0.29) is 30.7 Å². The molecule has 0 unspecified atom stereocenters. The van der Waals surface area contributed by atoms with Gasteiger partial charge in [0.05, 0.1) is 157 Å². The van der Waals surface area contributed by atoms with Gasteiger partial charge in [0.25, 0.3) is 10.1 Å². The highest BCUT2D eigenvalue weighted by Crippen LogP contribution is 2.10. The molecule has 53 heavy (non-hydrogen) atoms. The summed E-state index contributed by atoms with van der Waals surface area (Å²) in [4.78, 5) is 11.6. The Bertz CT molecular complexity index is 1020. The minimum Gasteiger partial charge on any atom is -0.463 e. The molecule has 1 rings (SSSR count). The third-order valence-corrected chi connectivity index (χ3v) is 8.02. The summed E-state index contributed by atoms with van der Waals surface area (Å²) in [7, 11) is -3.76. The normalized spacial score (nSPS) is 11.7. The Morgan fingerprint density at radius 1 is 0.434 bits per heavy atom. The summed E-state index contributed by atoms with van der Waals surface area (Å²) in [6.07, 6.45) is 3.47. The Morgan fingerprint density at radius 3 is 1.06 bits per heavy atom. The topological polar surface area (TPSA) is 171 Å². The molecule has 0 aliphatic carbocycles. The Morgan fingerprint density at radius 2 is 0.736 bits per heavy atom. The summed E-state index contributed by atoms with van der Waals surface area (Å²) in [5.41, 5.74) is 0. The van der Waals surface area contributed by atoms with Crippen LogP contribution in [0.25, 0.3) is 0 Å². The molecule has 0 atom stereocenters. The van der Waals surface area contributed by atoms with Gasteiger partial charge < -0.3 is 56.8 Å². The zero-order valence-electron chi connectivity index (χ0n) is 31.6. The molecule has 0 N–H and O–H groups in total. The van der Waals surface area contributed by atoms with E-state index in [1.54, 1.807) is 18.2 Å². The highest BCUT2D eigenvalue weighted by molar-refractivity contribution is 7.86. The number of esters is 1. The van der Waals surface area contributed by atoms with Gasteiger partial charge in [0, 0.05) is 6.42 Å². The van der Waals surface area contributed by atoms with E-state index in [1.807, 2.05) is 0 Å². The van der Waals surface area contributed by atoms with Gasteiger partial charge in [0.15, 0.2) is 0 Å². The Hall–Kier alpha value is -1.84. The molecule has 1 aromatic carbocycles. The first kappa shape index (κ1) is 49.2. The van der Waals surface area contributed by atoms with Crippen molar-refractivity contribution in [2.45, 2.75) is 37.5 Å². The minimum atomic E-state index is -3.76. The number of hydrogen-bond donors (Lipinski definition) is 0. The molecule has 0 saturated heterocycles. The molecule has 0 spiro atoms.